The van der Waals surface area contributed by atoms with E-state index in [2.05, 4.69) is 15.9 Å². The molecule has 0 atom stereocenters. The van der Waals surface area contributed by atoms with Crippen molar-refractivity contribution in [1.82, 2.24) is 4.90 Å². The maximum Gasteiger partial charge on any atom is 0.293 e. The predicted molar refractivity (Wildman–Crippen MR) is 134 cm³/mol. The number of thioether (sulfide) groups is 1. The lowest BCUT2D eigenvalue weighted by Gasteiger charge is -2.14. The highest BCUT2D eigenvalue weighted by molar-refractivity contribution is 9.10. The molecule has 0 bridgehead atoms. The standard InChI is InChI=1S/C25H19BrClNO4S/c1-31-21-8-4-6-17(23(21)32-15-16-9-11-19(26)12-10-16)13-22-24(29)28(25(30)33-22)14-18-5-2-3-7-20(18)27/h2-13H,14-15H2,1H3/b22-13-. The van der Waals surface area contributed by atoms with Gasteiger partial charge in [-0.2, -0.15) is 0 Å². The number of methoxy groups -OCH3 is 1. The van der Waals surface area contributed by atoms with Gasteiger partial charge in [0.25, 0.3) is 11.1 Å². The number of imide groups is 1. The molecule has 1 saturated heterocycles. The van der Waals surface area contributed by atoms with Crippen molar-refractivity contribution in [3.8, 4) is 11.5 Å². The highest BCUT2D eigenvalue weighted by Gasteiger charge is 2.35. The summed E-state index contributed by atoms with van der Waals surface area (Å²) in [6.07, 6.45) is 1.66. The van der Waals surface area contributed by atoms with Crippen molar-refractivity contribution in [2.45, 2.75) is 13.2 Å². The van der Waals surface area contributed by atoms with Gasteiger partial charge in [0.05, 0.1) is 18.6 Å². The van der Waals surface area contributed by atoms with Crippen LogP contribution >= 0.6 is 39.3 Å². The SMILES string of the molecule is COc1cccc(/C=C2\SC(=O)N(Cc3ccccc3Cl)C2=O)c1OCc1ccc(Br)cc1. The minimum absolute atomic E-state index is 0.118. The van der Waals surface area contributed by atoms with Crippen LogP contribution in [0.2, 0.25) is 5.02 Å². The Balaban J connectivity index is 1.59. The first-order valence-corrected chi connectivity index (χ1v) is 12.0. The zero-order valence-corrected chi connectivity index (χ0v) is 20.7. The average Bonchev–Trinajstić information content (AvgIpc) is 3.07. The second-order valence-electron chi connectivity index (χ2n) is 7.15. The van der Waals surface area contributed by atoms with Crippen molar-refractivity contribution in [2.24, 2.45) is 0 Å². The molecule has 3 aromatic carbocycles. The molecule has 0 N–H and O–H groups in total. The molecule has 1 heterocycles. The van der Waals surface area contributed by atoms with Crippen molar-refractivity contribution in [3.63, 3.8) is 0 Å². The second-order valence-corrected chi connectivity index (χ2v) is 9.47. The molecule has 1 fully saturated rings. The van der Waals surface area contributed by atoms with Gasteiger partial charge in [-0.05, 0) is 53.2 Å². The zero-order valence-electron chi connectivity index (χ0n) is 17.6. The molecule has 3 aromatic rings. The molecule has 0 saturated carbocycles. The van der Waals surface area contributed by atoms with Crippen LogP contribution in [0.4, 0.5) is 4.79 Å². The first-order chi connectivity index (χ1) is 16.0. The van der Waals surface area contributed by atoms with Crippen LogP contribution in [-0.2, 0) is 17.9 Å². The number of carbonyl (C=O) groups excluding carboxylic acids is 2. The maximum atomic E-state index is 13.0. The Morgan fingerprint density at radius 3 is 2.52 bits per heavy atom. The fourth-order valence-corrected chi connectivity index (χ4v) is 4.56. The van der Waals surface area contributed by atoms with Crippen molar-refractivity contribution in [3.05, 3.63) is 97.8 Å². The van der Waals surface area contributed by atoms with Gasteiger partial charge in [-0.15, -0.1) is 0 Å². The number of nitrogens with zero attached hydrogens (tertiary/aromatic N) is 1. The molecule has 8 heteroatoms. The molecule has 33 heavy (non-hydrogen) atoms. The maximum absolute atomic E-state index is 13.0. The average molecular weight is 545 g/mol. The molecule has 0 radical (unpaired) electrons. The smallest absolute Gasteiger partial charge is 0.293 e. The van der Waals surface area contributed by atoms with E-state index in [1.54, 1.807) is 37.5 Å². The second kappa shape index (κ2) is 10.5. The minimum Gasteiger partial charge on any atom is -0.493 e. The van der Waals surface area contributed by atoms with Gasteiger partial charge >= 0.3 is 0 Å². The number of benzene rings is 3. The lowest BCUT2D eigenvalue weighted by molar-refractivity contribution is -0.123. The van der Waals surface area contributed by atoms with Crippen LogP contribution in [0.25, 0.3) is 6.08 Å². The number of ether oxygens (including phenoxy) is 2. The molecule has 0 aromatic heterocycles. The molecule has 5 nitrogen and oxygen atoms in total. The lowest BCUT2D eigenvalue weighted by atomic mass is 10.1. The summed E-state index contributed by atoms with van der Waals surface area (Å²) < 4.78 is 12.5. The fraction of sp³-hybridized carbons (Fsp3) is 0.120. The number of carbonyl (C=O) groups is 2. The van der Waals surface area contributed by atoms with Crippen LogP contribution < -0.4 is 9.47 Å². The summed E-state index contributed by atoms with van der Waals surface area (Å²) in [6.45, 7) is 0.440. The van der Waals surface area contributed by atoms with Gasteiger partial charge < -0.3 is 9.47 Å². The Labute approximate surface area is 209 Å². The van der Waals surface area contributed by atoms with Crippen LogP contribution in [0.5, 0.6) is 11.5 Å². The molecule has 0 aliphatic carbocycles. The third kappa shape index (κ3) is 5.43. The van der Waals surface area contributed by atoms with Gasteiger partial charge in [-0.1, -0.05) is 70.0 Å². The Kier molecular flexibility index (Phi) is 7.42. The van der Waals surface area contributed by atoms with Crippen molar-refractivity contribution in [2.75, 3.05) is 7.11 Å². The van der Waals surface area contributed by atoms with E-state index in [0.29, 0.717) is 39.2 Å². The Morgan fingerprint density at radius 2 is 1.79 bits per heavy atom. The first kappa shape index (κ1) is 23.4. The Hall–Kier alpha value is -2.74. The van der Waals surface area contributed by atoms with Crippen molar-refractivity contribution in [1.29, 1.82) is 0 Å². The molecular weight excluding hydrogens is 526 g/mol. The summed E-state index contributed by atoms with van der Waals surface area (Å²) in [7, 11) is 1.56. The Bertz CT molecular complexity index is 1230. The summed E-state index contributed by atoms with van der Waals surface area (Å²) in [5.74, 6) is 0.670. The largest absolute Gasteiger partial charge is 0.493 e. The van der Waals surface area contributed by atoms with E-state index < -0.39 is 0 Å². The van der Waals surface area contributed by atoms with Gasteiger partial charge in [0.15, 0.2) is 11.5 Å². The van der Waals surface area contributed by atoms with E-state index in [9.17, 15) is 9.59 Å². The highest BCUT2D eigenvalue weighted by atomic mass is 79.9. The van der Waals surface area contributed by atoms with E-state index in [4.69, 9.17) is 21.1 Å². The van der Waals surface area contributed by atoms with Crippen LogP contribution in [0, 0.1) is 0 Å². The number of amides is 2. The van der Waals surface area contributed by atoms with E-state index in [1.807, 2.05) is 42.5 Å². The fourth-order valence-electron chi connectivity index (χ4n) is 3.27. The minimum atomic E-state index is -0.369. The normalized spacial score (nSPS) is 14.8. The summed E-state index contributed by atoms with van der Waals surface area (Å²) in [5, 5.41) is 0.170. The summed E-state index contributed by atoms with van der Waals surface area (Å²) in [6, 6.07) is 20.4. The van der Waals surface area contributed by atoms with Gasteiger partial charge in [0.1, 0.15) is 6.61 Å². The molecule has 0 spiro atoms. The topological polar surface area (TPSA) is 55.8 Å². The Morgan fingerprint density at radius 1 is 1.03 bits per heavy atom. The van der Waals surface area contributed by atoms with E-state index in [1.165, 1.54) is 4.90 Å². The third-order valence-electron chi connectivity index (χ3n) is 4.97. The van der Waals surface area contributed by atoms with Gasteiger partial charge in [-0.3, -0.25) is 14.5 Å². The monoisotopic (exact) mass is 543 g/mol. The van der Waals surface area contributed by atoms with E-state index in [0.717, 1.165) is 21.8 Å². The summed E-state index contributed by atoms with van der Waals surface area (Å²) >= 11 is 10.5. The van der Waals surface area contributed by atoms with Gasteiger partial charge in [-0.25, -0.2) is 0 Å². The number of rotatable bonds is 7. The third-order valence-corrected chi connectivity index (χ3v) is 6.78. The molecule has 2 amide bonds. The first-order valence-electron chi connectivity index (χ1n) is 9.99. The quantitative estimate of drug-likeness (QED) is 0.302. The molecular formula is C25H19BrClNO4S. The summed E-state index contributed by atoms with van der Waals surface area (Å²) in [4.78, 5) is 27.1. The van der Waals surface area contributed by atoms with Gasteiger partial charge in [0.2, 0.25) is 0 Å². The lowest BCUT2D eigenvalue weighted by Crippen LogP contribution is -2.27. The molecule has 1 aliphatic rings. The molecule has 0 unspecified atom stereocenters. The van der Waals surface area contributed by atoms with Crippen LogP contribution in [-0.4, -0.2) is 23.2 Å². The number of halogens is 2. The van der Waals surface area contributed by atoms with Crippen molar-refractivity contribution < 1.29 is 19.1 Å². The van der Waals surface area contributed by atoms with Crippen LogP contribution in [0.1, 0.15) is 16.7 Å². The molecule has 1 aliphatic heterocycles. The molecule has 4 rings (SSSR count). The van der Waals surface area contributed by atoms with Crippen LogP contribution in [0.3, 0.4) is 0 Å². The van der Waals surface area contributed by atoms with E-state index >= 15 is 0 Å². The number of hydrogen-bond acceptors (Lipinski definition) is 5. The molecule has 168 valence electrons. The zero-order chi connectivity index (χ0) is 23.4. The summed E-state index contributed by atoms with van der Waals surface area (Å²) in [5.41, 5.74) is 2.34. The number of para-hydroxylation sites is 1. The number of hydrogen-bond donors (Lipinski definition) is 0. The van der Waals surface area contributed by atoms with Gasteiger partial charge in [0, 0.05) is 15.1 Å². The highest BCUT2D eigenvalue weighted by Crippen LogP contribution is 2.38. The van der Waals surface area contributed by atoms with E-state index in [-0.39, 0.29) is 17.7 Å². The van der Waals surface area contributed by atoms with Crippen LogP contribution in [0.15, 0.2) is 76.1 Å². The van der Waals surface area contributed by atoms with Crippen molar-refractivity contribution >= 4 is 56.5 Å². The predicted octanol–water partition coefficient (Wildman–Crippen LogP) is 6.93.